The van der Waals surface area contributed by atoms with E-state index in [0.717, 1.165) is 9.35 Å². The van der Waals surface area contributed by atoms with Crippen LogP contribution in [0, 0.1) is 5.82 Å². The second-order valence-electron chi connectivity index (χ2n) is 3.13. The molecule has 1 heterocycles. The van der Waals surface area contributed by atoms with Gasteiger partial charge in [0.2, 0.25) is 0 Å². The lowest BCUT2D eigenvalue weighted by Crippen LogP contribution is -1.96. The average molecular weight is 340 g/mol. The number of rotatable bonds is 2. The predicted octanol–water partition coefficient (Wildman–Crippen LogP) is 5.63. The molecule has 0 amide bonds. The van der Waals surface area contributed by atoms with Crippen molar-refractivity contribution >= 4 is 50.5 Å². The van der Waals surface area contributed by atoms with E-state index in [1.165, 1.54) is 17.4 Å². The Hall–Kier alpha value is -0.0900. The minimum absolute atomic E-state index is 0.328. The fourth-order valence-electron chi connectivity index (χ4n) is 1.37. The molecule has 0 saturated carbocycles. The Kier molecular flexibility index (Phi) is 3.90. The van der Waals surface area contributed by atoms with E-state index in [9.17, 15) is 4.39 Å². The van der Waals surface area contributed by atoms with Gasteiger partial charge in [0.15, 0.2) is 0 Å². The normalized spacial score (nSPS) is 12.8. The molecule has 2 aromatic rings. The Balaban J connectivity index is 2.49. The van der Waals surface area contributed by atoms with Crippen LogP contribution in [0.1, 0.15) is 15.8 Å². The summed E-state index contributed by atoms with van der Waals surface area (Å²) in [7, 11) is 0. The first-order chi connectivity index (χ1) is 7.61. The van der Waals surface area contributed by atoms with Gasteiger partial charge in [0.25, 0.3) is 0 Å². The van der Waals surface area contributed by atoms with Gasteiger partial charge in [-0.3, -0.25) is 0 Å². The topological polar surface area (TPSA) is 0 Å². The van der Waals surface area contributed by atoms with Crippen molar-refractivity contribution in [3.63, 3.8) is 0 Å². The molecule has 0 N–H and O–H groups in total. The summed E-state index contributed by atoms with van der Waals surface area (Å²) in [6, 6.07) is 6.44. The molecule has 0 fully saturated rings. The van der Waals surface area contributed by atoms with Crippen LogP contribution in [-0.4, -0.2) is 0 Å². The number of hydrogen-bond acceptors (Lipinski definition) is 1. The zero-order valence-electron chi connectivity index (χ0n) is 7.88. The maximum Gasteiger partial charge on any atom is 0.129 e. The van der Waals surface area contributed by atoms with E-state index in [0.29, 0.717) is 10.6 Å². The van der Waals surface area contributed by atoms with Crippen LogP contribution in [0.2, 0.25) is 5.02 Å². The highest BCUT2D eigenvalue weighted by Crippen LogP contribution is 2.41. The summed E-state index contributed by atoms with van der Waals surface area (Å²) in [4.78, 5) is 0.855. The molecule has 2 rings (SSSR count). The lowest BCUT2D eigenvalue weighted by atomic mass is 10.1. The van der Waals surface area contributed by atoms with E-state index in [2.05, 4.69) is 15.9 Å². The number of halogens is 4. The third kappa shape index (κ3) is 2.28. The van der Waals surface area contributed by atoms with Crippen LogP contribution in [0.4, 0.5) is 4.39 Å². The molecular formula is C11H6BrCl2FS. The van der Waals surface area contributed by atoms with Gasteiger partial charge in [0.05, 0.1) is 5.38 Å². The summed E-state index contributed by atoms with van der Waals surface area (Å²) in [6.45, 7) is 0. The van der Waals surface area contributed by atoms with Crippen LogP contribution < -0.4 is 0 Å². The molecule has 0 radical (unpaired) electrons. The first-order valence-corrected chi connectivity index (χ1v) is 6.91. The van der Waals surface area contributed by atoms with E-state index in [1.54, 1.807) is 12.1 Å². The highest BCUT2D eigenvalue weighted by Gasteiger charge is 2.21. The van der Waals surface area contributed by atoms with E-state index >= 15 is 0 Å². The summed E-state index contributed by atoms with van der Waals surface area (Å²) in [6.07, 6.45) is 0. The molecule has 0 nitrogen and oxygen atoms in total. The van der Waals surface area contributed by atoms with Gasteiger partial charge < -0.3 is 0 Å². The van der Waals surface area contributed by atoms with Crippen LogP contribution in [0.3, 0.4) is 0 Å². The number of alkyl halides is 1. The van der Waals surface area contributed by atoms with Gasteiger partial charge in [-0.25, -0.2) is 4.39 Å². The van der Waals surface area contributed by atoms with Crippen molar-refractivity contribution in [1.82, 2.24) is 0 Å². The summed E-state index contributed by atoms with van der Waals surface area (Å²) in [5.41, 5.74) is 0.328. The summed E-state index contributed by atoms with van der Waals surface area (Å²) in [5.74, 6) is -0.382. The fraction of sp³-hybridized carbons (Fsp3) is 0.0909. The first-order valence-electron chi connectivity index (χ1n) is 4.42. The smallest absolute Gasteiger partial charge is 0.129 e. The molecule has 0 saturated heterocycles. The molecule has 0 aliphatic carbocycles. The molecule has 84 valence electrons. The van der Waals surface area contributed by atoms with Crippen LogP contribution in [0.15, 0.2) is 34.1 Å². The van der Waals surface area contributed by atoms with Crippen molar-refractivity contribution in [3.05, 3.63) is 55.4 Å². The first kappa shape index (κ1) is 12.4. The molecule has 1 aromatic heterocycles. The number of thiophene rings is 1. The van der Waals surface area contributed by atoms with E-state index in [-0.39, 0.29) is 5.82 Å². The van der Waals surface area contributed by atoms with Gasteiger partial charge in [0, 0.05) is 19.9 Å². The standard InChI is InChI=1S/C11H6BrCl2FS/c12-6-4-5-16-11(6)10(14)9-7(13)2-1-3-8(9)15/h1-5,10H. The number of hydrogen-bond donors (Lipinski definition) is 0. The van der Waals surface area contributed by atoms with Gasteiger partial charge in [-0.2, -0.15) is 0 Å². The third-order valence-electron chi connectivity index (χ3n) is 2.13. The third-order valence-corrected chi connectivity index (χ3v) is 4.96. The lowest BCUT2D eigenvalue weighted by Gasteiger charge is -2.11. The van der Waals surface area contributed by atoms with Crippen molar-refractivity contribution in [2.24, 2.45) is 0 Å². The average Bonchev–Trinajstić information content (AvgIpc) is 2.64. The molecule has 16 heavy (non-hydrogen) atoms. The second-order valence-corrected chi connectivity index (χ2v) is 5.78. The highest BCUT2D eigenvalue weighted by atomic mass is 79.9. The Labute approximate surface area is 115 Å². The maximum absolute atomic E-state index is 13.6. The van der Waals surface area contributed by atoms with Crippen LogP contribution >= 0.6 is 50.5 Å². The molecule has 0 aliphatic heterocycles. The summed E-state index contributed by atoms with van der Waals surface area (Å²) in [5, 5.41) is 1.67. The predicted molar refractivity (Wildman–Crippen MR) is 71.1 cm³/mol. The quantitative estimate of drug-likeness (QED) is 0.622. The minimum Gasteiger partial charge on any atom is -0.207 e. The van der Waals surface area contributed by atoms with E-state index < -0.39 is 5.38 Å². The second kappa shape index (κ2) is 5.05. The van der Waals surface area contributed by atoms with Crippen molar-refractivity contribution in [3.8, 4) is 0 Å². The largest absolute Gasteiger partial charge is 0.207 e. The van der Waals surface area contributed by atoms with Crippen molar-refractivity contribution in [1.29, 1.82) is 0 Å². The van der Waals surface area contributed by atoms with Crippen molar-refractivity contribution < 1.29 is 4.39 Å². The van der Waals surface area contributed by atoms with Gasteiger partial charge in [0.1, 0.15) is 5.82 Å². The van der Waals surface area contributed by atoms with Crippen molar-refractivity contribution in [2.75, 3.05) is 0 Å². The molecular weight excluding hydrogens is 334 g/mol. The van der Waals surface area contributed by atoms with Crippen LogP contribution in [-0.2, 0) is 0 Å². The van der Waals surface area contributed by atoms with Gasteiger partial charge in [-0.15, -0.1) is 22.9 Å². The lowest BCUT2D eigenvalue weighted by molar-refractivity contribution is 0.613. The zero-order valence-corrected chi connectivity index (χ0v) is 11.8. The molecule has 5 heteroatoms. The van der Waals surface area contributed by atoms with Crippen LogP contribution in [0.5, 0.6) is 0 Å². The summed E-state index contributed by atoms with van der Waals surface area (Å²) >= 11 is 17.0. The Bertz CT molecular complexity index is 492. The molecule has 0 spiro atoms. The number of benzene rings is 1. The SMILES string of the molecule is Fc1cccc(Cl)c1C(Cl)c1sccc1Br. The molecule has 0 bridgehead atoms. The minimum atomic E-state index is -0.567. The Morgan fingerprint density at radius 1 is 1.31 bits per heavy atom. The Morgan fingerprint density at radius 3 is 2.62 bits per heavy atom. The van der Waals surface area contributed by atoms with Gasteiger partial charge in [-0.1, -0.05) is 17.7 Å². The monoisotopic (exact) mass is 338 g/mol. The Morgan fingerprint density at radius 2 is 2.06 bits per heavy atom. The molecule has 0 aliphatic rings. The fourth-order valence-corrected chi connectivity index (χ4v) is 3.91. The maximum atomic E-state index is 13.6. The van der Waals surface area contributed by atoms with Crippen molar-refractivity contribution in [2.45, 2.75) is 5.38 Å². The molecule has 1 atom stereocenters. The van der Waals surface area contributed by atoms with Gasteiger partial charge in [-0.05, 0) is 39.5 Å². The van der Waals surface area contributed by atoms with Gasteiger partial charge >= 0.3 is 0 Å². The van der Waals surface area contributed by atoms with E-state index in [1.807, 2.05) is 11.4 Å². The zero-order chi connectivity index (χ0) is 11.7. The molecule has 1 unspecified atom stereocenters. The highest BCUT2D eigenvalue weighted by molar-refractivity contribution is 9.10. The van der Waals surface area contributed by atoms with Crippen LogP contribution in [0.25, 0.3) is 0 Å². The summed E-state index contributed by atoms with van der Waals surface area (Å²) < 4.78 is 14.5. The molecule has 1 aromatic carbocycles. The van der Waals surface area contributed by atoms with E-state index in [4.69, 9.17) is 23.2 Å².